The lowest BCUT2D eigenvalue weighted by Gasteiger charge is -2.23. The van der Waals surface area contributed by atoms with Gasteiger partial charge in [-0.05, 0) is 136 Å². The number of hydrogen-bond donors (Lipinski definition) is 0. The fraction of sp³-hybridized carbons (Fsp3) is 0.0962. The van der Waals surface area contributed by atoms with Gasteiger partial charge < -0.3 is 0 Å². The van der Waals surface area contributed by atoms with Crippen molar-refractivity contribution >= 4 is 43.1 Å². The van der Waals surface area contributed by atoms with Crippen LogP contribution in [-0.4, -0.2) is 0 Å². The smallest absolute Gasteiger partial charge is 0.0991 e. The predicted molar refractivity (Wildman–Crippen MR) is 224 cm³/mol. The van der Waals surface area contributed by atoms with E-state index in [-0.39, 0.29) is 5.41 Å². The first kappa shape index (κ1) is 31.3. The molecule has 250 valence electrons. The number of rotatable bonds is 4. The molecule has 9 aromatic rings. The van der Waals surface area contributed by atoms with Gasteiger partial charge >= 0.3 is 0 Å². The molecule has 0 heterocycles. The van der Waals surface area contributed by atoms with Crippen molar-refractivity contribution in [3.05, 3.63) is 191 Å². The van der Waals surface area contributed by atoms with Crippen molar-refractivity contribution in [2.75, 3.05) is 0 Å². The molecule has 0 radical (unpaired) electrons. The zero-order valence-corrected chi connectivity index (χ0v) is 30.2. The molecule has 0 saturated heterocycles. The van der Waals surface area contributed by atoms with Crippen molar-refractivity contribution in [2.24, 2.45) is 0 Å². The molecular weight excluding hydrogens is 639 g/mol. The molecule has 1 aliphatic carbocycles. The van der Waals surface area contributed by atoms with Gasteiger partial charge in [0.05, 0.1) is 11.6 Å². The van der Waals surface area contributed by atoms with E-state index in [1.165, 1.54) is 104 Å². The Kier molecular flexibility index (Phi) is 6.94. The van der Waals surface area contributed by atoms with Crippen LogP contribution in [0, 0.1) is 18.3 Å². The van der Waals surface area contributed by atoms with Crippen LogP contribution in [0.25, 0.3) is 76.5 Å². The first-order valence-electron chi connectivity index (χ1n) is 18.5. The van der Waals surface area contributed by atoms with Gasteiger partial charge in [0.1, 0.15) is 0 Å². The number of benzene rings is 9. The molecule has 0 saturated carbocycles. The van der Waals surface area contributed by atoms with Crippen LogP contribution in [0.1, 0.15) is 47.2 Å². The van der Waals surface area contributed by atoms with E-state index in [1.807, 2.05) is 6.07 Å². The van der Waals surface area contributed by atoms with Crippen molar-refractivity contribution < 1.29 is 0 Å². The Morgan fingerprint density at radius 3 is 1.45 bits per heavy atom. The van der Waals surface area contributed by atoms with Gasteiger partial charge in [-0.15, -0.1) is 0 Å². The fourth-order valence-electron chi connectivity index (χ4n) is 9.33. The molecule has 0 atom stereocenters. The van der Waals surface area contributed by atoms with Crippen LogP contribution in [0.3, 0.4) is 0 Å². The molecule has 53 heavy (non-hydrogen) atoms. The van der Waals surface area contributed by atoms with Crippen LogP contribution >= 0.6 is 0 Å². The molecule has 9 aromatic carbocycles. The maximum Gasteiger partial charge on any atom is 0.0991 e. The van der Waals surface area contributed by atoms with Gasteiger partial charge in [-0.25, -0.2) is 0 Å². The van der Waals surface area contributed by atoms with E-state index < -0.39 is 0 Å². The van der Waals surface area contributed by atoms with Gasteiger partial charge in [0.15, 0.2) is 0 Å². The topological polar surface area (TPSA) is 23.8 Å². The van der Waals surface area contributed by atoms with Crippen molar-refractivity contribution in [1.29, 1.82) is 5.26 Å². The summed E-state index contributed by atoms with van der Waals surface area (Å²) in [7, 11) is 0. The average Bonchev–Trinajstić information content (AvgIpc) is 3.43. The highest BCUT2D eigenvalue weighted by Crippen LogP contribution is 2.51. The van der Waals surface area contributed by atoms with Gasteiger partial charge in [-0.1, -0.05) is 153 Å². The molecular formula is C52H37N. The number of hydrogen-bond acceptors (Lipinski definition) is 1. The summed E-state index contributed by atoms with van der Waals surface area (Å²) in [5.41, 5.74) is 14.6. The molecule has 0 fully saturated rings. The van der Waals surface area contributed by atoms with Crippen LogP contribution < -0.4 is 0 Å². The Labute approximate surface area is 310 Å². The highest BCUT2D eigenvalue weighted by molar-refractivity contribution is 6.16. The second-order valence-electron chi connectivity index (χ2n) is 15.2. The van der Waals surface area contributed by atoms with Crippen LogP contribution in [0.4, 0.5) is 0 Å². The van der Waals surface area contributed by atoms with E-state index in [9.17, 15) is 5.26 Å². The average molecular weight is 676 g/mol. The van der Waals surface area contributed by atoms with Crippen LogP contribution in [0.2, 0.25) is 0 Å². The van der Waals surface area contributed by atoms with Gasteiger partial charge in [-0.2, -0.15) is 5.26 Å². The minimum atomic E-state index is -0.206. The molecule has 0 unspecified atom stereocenters. The Morgan fingerprint density at radius 1 is 0.472 bits per heavy atom. The molecule has 0 aromatic heterocycles. The second kappa shape index (κ2) is 11.8. The van der Waals surface area contributed by atoms with Gasteiger partial charge in [0.2, 0.25) is 0 Å². The molecule has 0 N–H and O–H groups in total. The Morgan fingerprint density at radius 2 is 0.906 bits per heavy atom. The van der Waals surface area contributed by atoms with E-state index in [4.69, 9.17) is 0 Å². The Bertz CT molecular complexity index is 2890. The fourth-order valence-corrected chi connectivity index (χ4v) is 9.33. The van der Waals surface area contributed by atoms with Crippen molar-refractivity contribution in [1.82, 2.24) is 0 Å². The Balaban J connectivity index is 1.10. The third kappa shape index (κ3) is 4.69. The standard InChI is InChI=1S/C52H37N/c1-32-37-12-4-8-16-43(37)50(44-17-9-5-13-38(32)44)35-23-20-33(21-24-35)28-47-39-14-6-10-18-45(39)51(46-19-11-7-15-40(46)47)36-25-27-42-41-26-22-34(31-53)29-48(41)52(2,3)49(42)30-36/h4-27,29-30H,28H2,1-3H3. The molecule has 1 heteroatoms. The van der Waals surface area contributed by atoms with Crippen molar-refractivity contribution in [2.45, 2.75) is 32.6 Å². The lowest BCUT2D eigenvalue weighted by molar-refractivity contribution is 0.660. The van der Waals surface area contributed by atoms with Crippen LogP contribution in [-0.2, 0) is 11.8 Å². The van der Waals surface area contributed by atoms with Gasteiger partial charge in [0, 0.05) is 5.41 Å². The zero-order valence-electron chi connectivity index (χ0n) is 30.2. The maximum atomic E-state index is 9.65. The maximum absolute atomic E-state index is 9.65. The van der Waals surface area contributed by atoms with E-state index in [2.05, 4.69) is 178 Å². The van der Waals surface area contributed by atoms with Gasteiger partial charge in [0.25, 0.3) is 0 Å². The first-order chi connectivity index (χ1) is 25.9. The summed E-state index contributed by atoms with van der Waals surface area (Å²) in [5.74, 6) is 0. The highest BCUT2D eigenvalue weighted by atomic mass is 14.4. The minimum absolute atomic E-state index is 0.206. The SMILES string of the molecule is Cc1c2ccccc2c(-c2ccc(Cc3c4ccccc4c(-c4ccc5c(c4)C(C)(C)c4cc(C#N)ccc4-5)c4ccccc34)cc2)c2ccccc12. The third-order valence-corrected chi connectivity index (χ3v) is 12.0. The molecule has 10 rings (SSSR count). The summed E-state index contributed by atoms with van der Waals surface area (Å²) < 4.78 is 0. The molecule has 0 spiro atoms. The predicted octanol–water partition coefficient (Wildman–Crippen LogP) is 13.7. The summed E-state index contributed by atoms with van der Waals surface area (Å²) in [6.45, 7) is 6.82. The van der Waals surface area contributed by atoms with Crippen LogP contribution in [0.15, 0.2) is 158 Å². The first-order valence-corrected chi connectivity index (χ1v) is 18.5. The monoisotopic (exact) mass is 675 g/mol. The lowest BCUT2D eigenvalue weighted by atomic mass is 9.80. The quantitative estimate of drug-likeness (QED) is 0.170. The van der Waals surface area contributed by atoms with E-state index in [0.29, 0.717) is 5.56 Å². The van der Waals surface area contributed by atoms with Crippen molar-refractivity contribution in [3.63, 3.8) is 0 Å². The normalized spacial score (nSPS) is 13.0. The number of nitrogens with zero attached hydrogens (tertiary/aromatic N) is 1. The lowest BCUT2D eigenvalue weighted by Crippen LogP contribution is -2.15. The summed E-state index contributed by atoms with van der Waals surface area (Å²) in [6, 6.07) is 60.3. The number of nitriles is 1. The Hall–Kier alpha value is -6.49. The summed E-state index contributed by atoms with van der Waals surface area (Å²) in [6.07, 6.45) is 0.838. The molecule has 0 aliphatic heterocycles. The van der Waals surface area contributed by atoms with E-state index in [1.54, 1.807) is 0 Å². The zero-order chi connectivity index (χ0) is 35.8. The summed E-state index contributed by atoms with van der Waals surface area (Å²) >= 11 is 0. The second-order valence-corrected chi connectivity index (χ2v) is 15.2. The molecule has 1 nitrogen and oxygen atoms in total. The third-order valence-electron chi connectivity index (χ3n) is 12.0. The summed E-state index contributed by atoms with van der Waals surface area (Å²) in [5, 5.41) is 20.0. The van der Waals surface area contributed by atoms with Crippen molar-refractivity contribution in [3.8, 4) is 39.4 Å². The molecule has 0 amide bonds. The number of fused-ring (bicyclic) bond motifs is 7. The van der Waals surface area contributed by atoms with Gasteiger partial charge in [-0.3, -0.25) is 0 Å². The summed E-state index contributed by atoms with van der Waals surface area (Å²) in [4.78, 5) is 0. The largest absolute Gasteiger partial charge is 0.192 e. The highest BCUT2D eigenvalue weighted by Gasteiger charge is 2.36. The molecule has 0 bridgehead atoms. The van der Waals surface area contributed by atoms with E-state index >= 15 is 0 Å². The number of aryl methyl sites for hydroxylation is 1. The molecule has 1 aliphatic rings. The van der Waals surface area contributed by atoms with E-state index in [0.717, 1.165) is 6.42 Å². The minimum Gasteiger partial charge on any atom is -0.192 e. The van der Waals surface area contributed by atoms with Crippen LogP contribution in [0.5, 0.6) is 0 Å².